The minimum absolute atomic E-state index is 0.347. The Morgan fingerprint density at radius 3 is 2.45 bits per heavy atom. The summed E-state index contributed by atoms with van der Waals surface area (Å²) in [5.74, 6) is 0.283. The molecular weight excluding hydrogens is 272 g/mol. The van der Waals surface area contributed by atoms with Crippen LogP contribution in [0.25, 0.3) is 0 Å². The number of amides is 1. The average molecular weight is 289 g/mol. The van der Waals surface area contributed by atoms with Crippen LogP contribution in [0.3, 0.4) is 0 Å². The molecule has 5 nitrogen and oxygen atoms in total. The molecular formula is C13H17F2NO4. The summed E-state index contributed by atoms with van der Waals surface area (Å²) in [5.41, 5.74) is 0. The van der Waals surface area contributed by atoms with Crippen LogP contribution in [0.5, 0.6) is 11.5 Å². The van der Waals surface area contributed by atoms with E-state index in [2.05, 4.69) is 5.32 Å². The Morgan fingerprint density at radius 1 is 1.30 bits per heavy atom. The molecule has 0 aliphatic carbocycles. The Hall–Kier alpha value is -1.89. The molecule has 0 aromatic heterocycles. The molecule has 0 aliphatic rings. The van der Waals surface area contributed by atoms with Crippen LogP contribution in [0.4, 0.5) is 8.78 Å². The largest absolute Gasteiger partial charge is 0.490 e. The lowest BCUT2D eigenvalue weighted by molar-refractivity contribution is -0.124. The van der Waals surface area contributed by atoms with Crippen molar-refractivity contribution in [3.05, 3.63) is 24.3 Å². The van der Waals surface area contributed by atoms with Crippen LogP contribution >= 0.6 is 0 Å². The number of rotatable bonds is 8. The topological polar surface area (TPSA) is 67.8 Å². The molecule has 1 aromatic carbocycles. The molecule has 0 saturated carbocycles. The van der Waals surface area contributed by atoms with Gasteiger partial charge in [-0.25, -0.2) is 8.78 Å². The minimum atomic E-state index is -2.89. The van der Waals surface area contributed by atoms with Gasteiger partial charge in [-0.2, -0.15) is 0 Å². The van der Waals surface area contributed by atoms with E-state index in [0.29, 0.717) is 18.1 Å². The summed E-state index contributed by atoms with van der Waals surface area (Å²) in [7, 11) is 0. The number of carbonyl (C=O) groups is 1. The number of aliphatic hydroxyl groups excluding tert-OH is 1. The number of para-hydroxylation sites is 2. The number of nitrogens with one attached hydrogen (secondary N) is 1. The van der Waals surface area contributed by atoms with Crippen LogP contribution in [0.2, 0.25) is 0 Å². The molecule has 0 spiro atoms. The number of carbonyl (C=O) groups excluding carboxylic acids is 1. The van der Waals surface area contributed by atoms with Crippen LogP contribution < -0.4 is 14.8 Å². The zero-order chi connectivity index (χ0) is 15.0. The number of halogens is 2. The second-order valence-electron chi connectivity index (χ2n) is 3.87. The predicted molar refractivity (Wildman–Crippen MR) is 68.1 cm³/mol. The third-order valence-electron chi connectivity index (χ3n) is 2.31. The molecule has 1 unspecified atom stereocenters. The zero-order valence-corrected chi connectivity index (χ0v) is 11.0. The van der Waals surface area contributed by atoms with E-state index >= 15 is 0 Å². The molecule has 1 amide bonds. The molecule has 0 bridgehead atoms. The van der Waals surface area contributed by atoms with Crippen molar-refractivity contribution in [1.82, 2.24) is 5.32 Å². The number of ether oxygens (including phenoxy) is 2. The average Bonchev–Trinajstić information content (AvgIpc) is 2.44. The van der Waals surface area contributed by atoms with Crippen molar-refractivity contribution < 1.29 is 28.2 Å². The second kappa shape index (κ2) is 8.31. The van der Waals surface area contributed by atoms with Gasteiger partial charge in [0.2, 0.25) is 0 Å². The van der Waals surface area contributed by atoms with Crippen molar-refractivity contribution in [3.63, 3.8) is 0 Å². The molecule has 7 heteroatoms. The SMILES string of the molecule is CCOc1ccccc1OCC(=O)NCC(O)C(F)F. The lowest BCUT2D eigenvalue weighted by Crippen LogP contribution is -2.38. The van der Waals surface area contributed by atoms with Gasteiger partial charge < -0.3 is 19.9 Å². The third-order valence-corrected chi connectivity index (χ3v) is 2.31. The molecule has 112 valence electrons. The van der Waals surface area contributed by atoms with E-state index in [1.807, 2.05) is 6.92 Å². The molecule has 2 N–H and O–H groups in total. The summed E-state index contributed by atoms with van der Waals surface area (Å²) in [6.45, 7) is 1.40. The predicted octanol–water partition coefficient (Wildman–Crippen LogP) is 1.21. The van der Waals surface area contributed by atoms with Gasteiger partial charge in [0.1, 0.15) is 6.10 Å². The van der Waals surface area contributed by atoms with Crippen molar-refractivity contribution in [2.24, 2.45) is 0 Å². The first-order valence-corrected chi connectivity index (χ1v) is 6.12. The maximum atomic E-state index is 12.0. The van der Waals surface area contributed by atoms with Crippen LogP contribution in [0, 0.1) is 0 Å². The third kappa shape index (κ3) is 5.40. The minimum Gasteiger partial charge on any atom is -0.490 e. The molecule has 0 fully saturated rings. The van der Waals surface area contributed by atoms with E-state index in [-0.39, 0.29) is 6.61 Å². The zero-order valence-electron chi connectivity index (χ0n) is 11.0. The lowest BCUT2D eigenvalue weighted by atomic mass is 10.3. The first-order valence-electron chi connectivity index (χ1n) is 6.12. The Morgan fingerprint density at radius 2 is 1.90 bits per heavy atom. The Bertz CT molecular complexity index is 429. The van der Waals surface area contributed by atoms with Gasteiger partial charge in [-0.3, -0.25) is 4.79 Å². The molecule has 0 radical (unpaired) electrons. The first kappa shape index (κ1) is 16.2. The summed E-state index contributed by atoms with van der Waals surface area (Å²) >= 11 is 0. The standard InChI is InChI=1S/C13H17F2NO4/c1-2-19-10-5-3-4-6-11(10)20-8-12(18)16-7-9(17)13(14)15/h3-6,9,13,17H,2,7-8H2,1H3,(H,16,18). The van der Waals surface area contributed by atoms with Gasteiger partial charge in [0.05, 0.1) is 6.61 Å². The summed E-state index contributed by atoms with van der Waals surface area (Å²) in [5, 5.41) is 11.0. The normalized spacial score (nSPS) is 12.1. The summed E-state index contributed by atoms with van der Waals surface area (Å²) in [6, 6.07) is 6.80. The fraction of sp³-hybridized carbons (Fsp3) is 0.462. The summed E-state index contributed by atoms with van der Waals surface area (Å²) < 4.78 is 34.6. The van der Waals surface area contributed by atoms with E-state index in [1.165, 1.54) is 0 Å². The van der Waals surface area contributed by atoms with Gasteiger partial charge in [-0.05, 0) is 19.1 Å². The maximum Gasteiger partial charge on any atom is 0.265 e. The van der Waals surface area contributed by atoms with E-state index in [1.54, 1.807) is 24.3 Å². The smallest absolute Gasteiger partial charge is 0.265 e. The molecule has 1 aromatic rings. The molecule has 0 saturated heterocycles. The number of hydrogen-bond donors (Lipinski definition) is 2. The monoisotopic (exact) mass is 289 g/mol. The number of benzene rings is 1. The van der Waals surface area contributed by atoms with Crippen molar-refractivity contribution in [3.8, 4) is 11.5 Å². The second-order valence-corrected chi connectivity index (χ2v) is 3.87. The molecule has 1 atom stereocenters. The van der Waals surface area contributed by atoms with Crippen LogP contribution in [-0.2, 0) is 4.79 Å². The summed E-state index contributed by atoms with van der Waals surface area (Å²) in [6.07, 6.45) is -4.77. The molecule has 0 heterocycles. The fourth-order valence-corrected chi connectivity index (χ4v) is 1.35. The van der Waals surface area contributed by atoms with Gasteiger partial charge in [0.15, 0.2) is 18.1 Å². The Balaban J connectivity index is 2.41. The van der Waals surface area contributed by atoms with Crippen molar-refractivity contribution in [2.45, 2.75) is 19.5 Å². The van der Waals surface area contributed by atoms with E-state index in [9.17, 15) is 13.6 Å². The van der Waals surface area contributed by atoms with Crippen molar-refractivity contribution >= 4 is 5.91 Å². The number of alkyl halides is 2. The lowest BCUT2D eigenvalue weighted by Gasteiger charge is -2.13. The summed E-state index contributed by atoms with van der Waals surface area (Å²) in [4.78, 5) is 11.4. The fourth-order valence-electron chi connectivity index (χ4n) is 1.35. The van der Waals surface area contributed by atoms with Crippen molar-refractivity contribution in [1.29, 1.82) is 0 Å². The van der Waals surface area contributed by atoms with Crippen molar-refractivity contribution in [2.75, 3.05) is 19.8 Å². The van der Waals surface area contributed by atoms with E-state index in [4.69, 9.17) is 14.6 Å². The highest BCUT2D eigenvalue weighted by Crippen LogP contribution is 2.26. The van der Waals surface area contributed by atoms with E-state index in [0.717, 1.165) is 0 Å². The highest BCUT2D eigenvalue weighted by atomic mass is 19.3. The first-order chi connectivity index (χ1) is 9.54. The van der Waals surface area contributed by atoms with Crippen LogP contribution in [0.1, 0.15) is 6.92 Å². The van der Waals surface area contributed by atoms with Gasteiger partial charge >= 0.3 is 0 Å². The van der Waals surface area contributed by atoms with Crippen LogP contribution in [0.15, 0.2) is 24.3 Å². The number of aliphatic hydroxyl groups is 1. The maximum absolute atomic E-state index is 12.0. The van der Waals surface area contributed by atoms with Crippen LogP contribution in [-0.4, -0.2) is 43.3 Å². The highest BCUT2D eigenvalue weighted by molar-refractivity contribution is 5.77. The Labute approximate surface area is 115 Å². The highest BCUT2D eigenvalue weighted by Gasteiger charge is 2.17. The molecule has 20 heavy (non-hydrogen) atoms. The Kier molecular flexibility index (Phi) is 6.72. The van der Waals surface area contributed by atoms with Gasteiger partial charge in [-0.15, -0.1) is 0 Å². The quantitative estimate of drug-likeness (QED) is 0.755. The number of hydrogen-bond acceptors (Lipinski definition) is 4. The molecule has 0 aliphatic heterocycles. The van der Waals surface area contributed by atoms with Gasteiger partial charge in [0, 0.05) is 6.54 Å². The molecule has 1 rings (SSSR count). The van der Waals surface area contributed by atoms with Gasteiger partial charge in [0.25, 0.3) is 12.3 Å². The van der Waals surface area contributed by atoms with E-state index < -0.39 is 25.0 Å². The van der Waals surface area contributed by atoms with Gasteiger partial charge in [-0.1, -0.05) is 12.1 Å².